The number of anilines is 1. The molecule has 0 unspecified atom stereocenters. The zero-order valence-electron chi connectivity index (χ0n) is 7.08. The number of nitrogens with zero attached hydrogens (tertiary/aromatic N) is 1. The summed E-state index contributed by atoms with van der Waals surface area (Å²) in [5, 5.41) is 3.07. The van der Waals surface area contributed by atoms with E-state index < -0.39 is 0 Å². The van der Waals surface area contributed by atoms with Gasteiger partial charge in [0.05, 0.1) is 0 Å². The highest BCUT2D eigenvalue weighted by molar-refractivity contribution is 6.30. The molecule has 0 amide bonds. The number of pyridine rings is 1. The lowest BCUT2D eigenvalue weighted by Crippen LogP contribution is -2.00. The first-order chi connectivity index (χ1) is 6.27. The summed E-state index contributed by atoms with van der Waals surface area (Å²) in [4.78, 5) is 14.0. The molecule has 0 radical (unpaired) electrons. The Kier molecular flexibility index (Phi) is 3.52. The first kappa shape index (κ1) is 9.80. The number of rotatable bonds is 4. The van der Waals surface area contributed by atoms with Crippen LogP contribution in [0.3, 0.4) is 0 Å². The molecular formula is C8H9ClN2O2. The Morgan fingerprint density at radius 3 is 3.00 bits per heavy atom. The molecule has 1 aromatic rings. The average Bonchev–Trinajstić information content (AvgIpc) is 2.16. The zero-order valence-corrected chi connectivity index (χ0v) is 7.84. The molecule has 0 saturated carbocycles. The van der Waals surface area contributed by atoms with Gasteiger partial charge in [-0.05, 0) is 12.1 Å². The monoisotopic (exact) mass is 200 g/mol. The quantitative estimate of drug-likeness (QED) is 0.589. The predicted octanol–water partition coefficient (Wildman–Crippen LogP) is 1.35. The Labute approximate surface area is 80.9 Å². The van der Waals surface area contributed by atoms with E-state index in [1.165, 1.54) is 0 Å². The largest absolute Gasteiger partial charge is 0.483 e. The number of carbonyl (C=O) groups is 1. The molecule has 0 spiro atoms. The molecule has 13 heavy (non-hydrogen) atoms. The number of carbonyl (C=O) groups excluding carboxylic acids is 1. The van der Waals surface area contributed by atoms with Gasteiger partial charge >= 0.3 is 0 Å². The van der Waals surface area contributed by atoms with E-state index in [0.717, 1.165) is 0 Å². The molecule has 0 bridgehead atoms. The number of aromatic nitrogens is 1. The number of hydrogen-bond donors (Lipinski definition) is 1. The summed E-state index contributed by atoms with van der Waals surface area (Å²) in [5.41, 5.74) is 0. The maximum absolute atomic E-state index is 10.0. The molecular weight excluding hydrogens is 192 g/mol. The molecule has 5 heteroatoms. The molecule has 4 nitrogen and oxygen atoms in total. The second-order valence-corrected chi connectivity index (χ2v) is 2.57. The van der Waals surface area contributed by atoms with Crippen molar-refractivity contribution in [1.82, 2.24) is 4.98 Å². The van der Waals surface area contributed by atoms with Crippen molar-refractivity contribution in [2.24, 2.45) is 0 Å². The Morgan fingerprint density at radius 1 is 1.69 bits per heavy atom. The highest BCUT2D eigenvalue weighted by Gasteiger charge is 2.02. The van der Waals surface area contributed by atoms with Crippen LogP contribution in [0.2, 0.25) is 5.15 Å². The maximum atomic E-state index is 10.0. The standard InChI is InChI=1S/C8H9ClN2O2/c1-10-7-3-2-6(8(9)11-7)13-5-4-12/h2-4H,5H2,1H3,(H,10,11). The minimum atomic E-state index is -0.0136. The van der Waals surface area contributed by atoms with Crippen LogP contribution in [0, 0.1) is 0 Å². The molecule has 0 aliphatic carbocycles. The lowest BCUT2D eigenvalue weighted by molar-refractivity contribution is -0.109. The van der Waals surface area contributed by atoms with Crippen LogP contribution in [0.1, 0.15) is 0 Å². The second kappa shape index (κ2) is 4.67. The van der Waals surface area contributed by atoms with Crippen LogP contribution in [-0.4, -0.2) is 24.9 Å². The summed E-state index contributed by atoms with van der Waals surface area (Å²) >= 11 is 5.75. The van der Waals surface area contributed by atoms with E-state index in [1.807, 2.05) is 0 Å². The Balaban J connectivity index is 2.78. The summed E-state index contributed by atoms with van der Waals surface area (Å²) in [6.07, 6.45) is 0.655. The van der Waals surface area contributed by atoms with Crippen molar-refractivity contribution in [3.8, 4) is 5.75 Å². The average molecular weight is 201 g/mol. The normalized spacial score (nSPS) is 9.38. The van der Waals surface area contributed by atoms with Gasteiger partial charge in [0.25, 0.3) is 0 Å². The Bertz CT molecular complexity index is 304. The molecule has 0 fully saturated rings. The molecule has 70 valence electrons. The third kappa shape index (κ3) is 2.59. The van der Waals surface area contributed by atoms with Crippen molar-refractivity contribution in [1.29, 1.82) is 0 Å². The van der Waals surface area contributed by atoms with Crippen molar-refractivity contribution >= 4 is 23.7 Å². The lowest BCUT2D eigenvalue weighted by Gasteiger charge is -2.05. The van der Waals surface area contributed by atoms with E-state index in [-0.39, 0.29) is 11.8 Å². The molecule has 1 N–H and O–H groups in total. The van der Waals surface area contributed by atoms with Crippen LogP contribution in [0.25, 0.3) is 0 Å². The van der Waals surface area contributed by atoms with Gasteiger partial charge in [0.15, 0.2) is 17.2 Å². The molecule has 0 saturated heterocycles. The number of halogens is 1. The van der Waals surface area contributed by atoms with Gasteiger partial charge in [-0.25, -0.2) is 4.98 Å². The van der Waals surface area contributed by atoms with Crippen molar-refractivity contribution in [3.63, 3.8) is 0 Å². The van der Waals surface area contributed by atoms with Gasteiger partial charge < -0.3 is 10.1 Å². The lowest BCUT2D eigenvalue weighted by atomic mass is 10.4. The fourth-order valence-electron chi connectivity index (χ4n) is 0.792. The highest BCUT2D eigenvalue weighted by Crippen LogP contribution is 2.23. The van der Waals surface area contributed by atoms with E-state index in [2.05, 4.69) is 10.3 Å². The number of aldehydes is 1. The molecule has 0 aliphatic heterocycles. The van der Waals surface area contributed by atoms with E-state index in [1.54, 1.807) is 19.2 Å². The SMILES string of the molecule is CNc1ccc(OCC=O)c(Cl)n1. The summed E-state index contributed by atoms with van der Waals surface area (Å²) in [5.74, 6) is 1.07. The highest BCUT2D eigenvalue weighted by atomic mass is 35.5. The number of ether oxygens (including phenoxy) is 1. The predicted molar refractivity (Wildman–Crippen MR) is 50.4 cm³/mol. The fraction of sp³-hybridized carbons (Fsp3) is 0.250. The molecule has 0 aliphatic rings. The molecule has 1 heterocycles. The van der Waals surface area contributed by atoms with Crippen LogP contribution in [0.15, 0.2) is 12.1 Å². The summed E-state index contributed by atoms with van der Waals surface area (Å²) < 4.78 is 5.00. The number of hydrogen-bond acceptors (Lipinski definition) is 4. The minimum absolute atomic E-state index is 0.0136. The third-order valence-corrected chi connectivity index (χ3v) is 1.65. The first-order valence-electron chi connectivity index (χ1n) is 3.68. The topological polar surface area (TPSA) is 51.2 Å². The van der Waals surface area contributed by atoms with Crippen LogP contribution >= 0.6 is 11.6 Å². The van der Waals surface area contributed by atoms with Crippen molar-refractivity contribution in [3.05, 3.63) is 17.3 Å². The van der Waals surface area contributed by atoms with Gasteiger partial charge in [-0.2, -0.15) is 0 Å². The van der Waals surface area contributed by atoms with Crippen LogP contribution < -0.4 is 10.1 Å². The Hall–Kier alpha value is -1.29. The van der Waals surface area contributed by atoms with Crippen LogP contribution in [-0.2, 0) is 4.79 Å². The fourth-order valence-corrected chi connectivity index (χ4v) is 1.00. The van der Waals surface area contributed by atoms with Gasteiger partial charge in [-0.15, -0.1) is 0 Å². The molecule has 1 aromatic heterocycles. The molecule has 1 rings (SSSR count). The minimum Gasteiger partial charge on any atom is -0.483 e. The van der Waals surface area contributed by atoms with Crippen LogP contribution in [0.5, 0.6) is 5.75 Å². The van der Waals surface area contributed by atoms with Crippen molar-refractivity contribution in [2.75, 3.05) is 19.0 Å². The molecule has 0 atom stereocenters. The second-order valence-electron chi connectivity index (χ2n) is 2.21. The van der Waals surface area contributed by atoms with Gasteiger partial charge in [-0.3, -0.25) is 4.79 Å². The first-order valence-corrected chi connectivity index (χ1v) is 4.06. The van der Waals surface area contributed by atoms with Crippen molar-refractivity contribution in [2.45, 2.75) is 0 Å². The summed E-state index contributed by atoms with van der Waals surface area (Å²) in [6, 6.07) is 3.37. The summed E-state index contributed by atoms with van der Waals surface area (Å²) in [7, 11) is 1.74. The van der Waals surface area contributed by atoms with Gasteiger partial charge in [0.1, 0.15) is 12.4 Å². The van der Waals surface area contributed by atoms with E-state index in [9.17, 15) is 4.79 Å². The van der Waals surface area contributed by atoms with Gasteiger partial charge in [-0.1, -0.05) is 11.6 Å². The van der Waals surface area contributed by atoms with Gasteiger partial charge in [0.2, 0.25) is 0 Å². The Morgan fingerprint density at radius 2 is 2.46 bits per heavy atom. The smallest absolute Gasteiger partial charge is 0.173 e. The van der Waals surface area contributed by atoms with E-state index >= 15 is 0 Å². The van der Waals surface area contributed by atoms with E-state index in [4.69, 9.17) is 16.3 Å². The van der Waals surface area contributed by atoms with Gasteiger partial charge in [0, 0.05) is 7.05 Å². The van der Waals surface area contributed by atoms with E-state index in [0.29, 0.717) is 17.9 Å². The van der Waals surface area contributed by atoms with Crippen molar-refractivity contribution < 1.29 is 9.53 Å². The third-order valence-electron chi connectivity index (χ3n) is 1.38. The number of nitrogens with one attached hydrogen (secondary N) is 1. The molecule has 0 aromatic carbocycles. The van der Waals surface area contributed by atoms with Crippen LogP contribution in [0.4, 0.5) is 5.82 Å². The zero-order chi connectivity index (χ0) is 9.68. The summed E-state index contributed by atoms with van der Waals surface area (Å²) in [6.45, 7) is -0.0136. The maximum Gasteiger partial charge on any atom is 0.173 e.